The number of carbonyl (C=O) groups is 1. The molecule has 1 saturated heterocycles. The highest BCUT2D eigenvalue weighted by molar-refractivity contribution is 5.63. The number of rotatable bonds is 3. The Bertz CT molecular complexity index is 341. The maximum atomic E-state index is 11.2. The number of phenols is 1. The molecule has 1 fully saturated rings. The molecule has 0 radical (unpaired) electrons. The van der Waals surface area contributed by atoms with Gasteiger partial charge in [-0.05, 0) is 49.5 Å². The maximum absolute atomic E-state index is 11.2. The van der Waals surface area contributed by atoms with E-state index in [9.17, 15) is 9.90 Å². The molecular formula is C13H17NO2. The summed E-state index contributed by atoms with van der Waals surface area (Å²) in [4.78, 5) is 11.2. The summed E-state index contributed by atoms with van der Waals surface area (Å²) in [5.41, 5.74) is 1.01. The number of hydrogen-bond donors (Lipinski definition) is 2. The van der Waals surface area contributed by atoms with E-state index in [1.807, 2.05) is 12.1 Å². The van der Waals surface area contributed by atoms with Crippen LogP contribution in [0, 0.1) is 5.92 Å². The Morgan fingerprint density at radius 2 is 1.88 bits per heavy atom. The Hall–Kier alpha value is -1.35. The van der Waals surface area contributed by atoms with Crippen LogP contribution in [0.15, 0.2) is 24.3 Å². The van der Waals surface area contributed by atoms with Crippen molar-refractivity contribution in [3.05, 3.63) is 29.8 Å². The van der Waals surface area contributed by atoms with Crippen LogP contribution in [0.4, 0.5) is 0 Å². The molecule has 1 aliphatic rings. The molecule has 0 amide bonds. The van der Waals surface area contributed by atoms with Gasteiger partial charge in [0.25, 0.3) is 0 Å². The van der Waals surface area contributed by atoms with E-state index in [4.69, 9.17) is 0 Å². The Balaban J connectivity index is 2.14. The van der Waals surface area contributed by atoms with E-state index < -0.39 is 0 Å². The summed E-state index contributed by atoms with van der Waals surface area (Å²) in [7, 11) is 0. The predicted molar refractivity (Wildman–Crippen MR) is 62.5 cm³/mol. The summed E-state index contributed by atoms with van der Waals surface area (Å²) >= 11 is 0. The minimum atomic E-state index is -0.0253. The molecule has 1 aliphatic heterocycles. The van der Waals surface area contributed by atoms with Gasteiger partial charge in [-0.15, -0.1) is 0 Å². The van der Waals surface area contributed by atoms with Gasteiger partial charge >= 0.3 is 0 Å². The second-order valence-corrected chi connectivity index (χ2v) is 4.34. The molecule has 3 nitrogen and oxygen atoms in total. The van der Waals surface area contributed by atoms with Crippen LogP contribution in [0.3, 0.4) is 0 Å². The zero-order valence-corrected chi connectivity index (χ0v) is 9.23. The second kappa shape index (κ2) is 5.12. The van der Waals surface area contributed by atoms with Gasteiger partial charge in [0, 0.05) is 5.92 Å². The fourth-order valence-corrected chi connectivity index (χ4v) is 2.36. The highest BCUT2D eigenvalue weighted by Crippen LogP contribution is 2.30. The minimum Gasteiger partial charge on any atom is -0.508 e. The summed E-state index contributed by atoms with van der Waals surface area (Å²) in [6.07, 6.45) is 3.14. The van der Waals surface area contributed by atoms with Crippen LogP contribution in [0.2, 0.25) is 0 Å². The SMILES string of the molecule is O=CC(c1ccc(O)cc1)C1CCNCC1. The van der Waals surface area contributed by atoms with Gasteiger partial charge < -0.3 is 15.2 Å². The van der Waals surface area contributed by atoms with Crippen LogP contribution in [-0.2, 0) is 4.79 Å². The lowest BCUT2D eigenvalue weighted by molar-refractivity contribution is -0.110. The first-order valence-corrected chi connectivity index (χ1v) is 5.76. The number of aromatic hydroxyl groups is 1. The molecule has 1 atom stereocenters. The summed E-state index contributed by atoms with van der Waals surface area (Å²) in [6.45, 7) is 1.99. The number of piperidine rings is 1. The third kappa shape index (κ3) is 2.42. The van der Waals surface area contributed by atoms with E-state index in [1.165, 1.54) is 0 Å². The zero-order chi connectivity index (χ0) is 11.4. The molecule has 2 rings (SSSR count). The van der Waals surface area contributed by atoms with Crippen LogP contribution in [0.5, 0.6) is 5.75 Å². The molecule has 0 bridgehead atoms. The first kappa shape index (κ1) is 11.1. The summed E-state index contributed by atoms with van der Waals surface area (Å²) in [5.74, 6) is 0.657. The molecule has 2 N–H and O–H groups in total. The Kier molecular flexibility index (Phi) is 3.57. The second-order valence-electron chi connectivity index (χ2n) is 4.34. The predicted octanol–water partition coefficient (Wildman–Crippen LogP) is 1.67. The Morgan fingerprint density at radius 1 is 1.25 bits per heavy atom. The third-order valence-corrected chi connectivity index (χ3v) is 3.32. The lowest BCUT2D eigenvalue weighted by atomic mass is 9.81. The average Bonchev–Trinajstić information content (AvgIpc) is 2.34. The number of benzene rings is 1. The number of hydrogen-bond acceptors (Lipinski definition) is 3. The number of nitrogens with one attached hydrogen (secondary N) is 1. The van der Waals surface area contributed by atoms with Crippen LogP contribution >= 0.6 is 0 Å². The van der Waals surface area contributed by atoms with Gasteiger partial charge in [0.15, 0.2) is 0 Å². The molecule has 1 aromatic carbocycles. The normalized spacial score (nSPS) is 19.2. The van der Waals surface area contributed by atoms with Crippen molar-refractivity contribution in [3.63, 3.8) is 0 Å². The molecule has 3 heteroatoms. The van der Waals surface area contributed by atoms with E-state index in [2.05, 4.69) is 5.32 Å². The summed E-state index contributed by atoms with van der Waals surface area (Å²) < 4.78 is 0. The highest BCUT2D eigenvalue weighted by Gasteiger charge is 2.24. The molecule has 1 heterocycles. The maximum Gasteiger partial charge on any atom is 0.127 e. The van der Waals surface area contributed by atoms with Crippen LogP contribution in [0.25, 0.3) is 0 Å². The van der Waals surface area contributed by atoms with Crippen molar-refractivity contribution in [2.24, 2.45) is 5.92 Å². The molecule has 0 aliphatic carbocycles. The Morgan fingerprint density at radius 3 is 2.44 bits per heavy atom. The summed E-state index contributed by atoms with van der Waals surface area (Å²) in [5, 5.41) is 12.5. The van der Waals surface area contributed by atoms with Gasteiger partial charge in [-0.2, -0.15) is 0 Å². The lowest BCUT2D eigenvalue weighted by Gasteiger charge is -2.27. The number of phenolic OH excluding ortho intramolecular Hbond substituents is 1. The van der Waals surface area contributed by atoms with Gasteiger partial charge in [-0.3, -0.25) is 0 Å². The van der Waals surface area contributed by atoms with Crippen molar-refractivity contribution in [2.75, 3.05) is 13.1 Å². The third-order valence-electron chi connectivity index (χ3n) is 3.32. The van der Waals surface area contributed by atoms with Crippen molar-refractivity contribution >= 4 is 6.29 Å². The van der Waals surface area contributed by atoms with E-state index in [0.717, 1.165) is 37.8 Å². The highest BCUT2D eigenvalue weighted by atomic mass is 16.3. The number of aldehydes is 1. The van der Waals surface area contributed by atoms with Crippen LogP contribution in [-0.4, -0.2) is 24.5 Å². The standard InChI is InChI=1S/C13H17NO2/c15-9-13(11-5-7-14-8-6-11)10-1-3-12(16)4-2-10/h1-4,9,11,13-14,16H,5-8H2. The molecule has 16 heavy (non-hydrogen) atoms. The van der Waals surface area contributed by atoms with Crippen molar-refractivity contribution in [3.8, 4) is 5.75 Å². The average molecular weight is 219 g/mol. The van der Waals surface area contributed by atoms with Crippen LogP contribution in [0.1, 0.15) is 24.3 Å². The fourth-order valence-electron chi connectivity index (χ4n) is 2.36. The molecular weight excluding hydrogens is 202 g/mol. The smallest absolute Gasteiger partial charge is 0.127 e. The van der Waals surface area contributed by atoms with Gasteiger partial charge in [0.1, 0.15) is 12.0 Å². The number of carbonyl (C=O) groups excluding carboxylic acids is 1. The quantitative estimate of drug-likeness (QED) is 0.760. The monoisotopic (exact) mass is 219 g/mol. The minimum absolute atomic E-state index is 0.0253. The topological polar surface area (TPSA) is 49.3 Å². The van der Waals surface area contributed by atoms with E-state index in [1.54, 1.807) is 12.1 Å². The molecule has 0 aromatic heterocycles. The van der Waals surface area contributed by atoms with Crippen LogP contribution < -0.4 is 5.32 Å². The Labute approximate surface area is 95.5 Å². The van der Waals surface area contributed by atoms with Crippen molar-refractivity contribution in [2.45, 2.75) is 18.8 Å². The molecule has 1 unspecified atom stereocenters. The van der Waals surface area contributed by atoms with E-state index in [0.29, 0.717) is 5.92 Å². The molecule has 86 valence electrons. The molecule has 0 saturated carbocycles. The van der Waals surface area contributed by atoms with Gasteiger partial charge in [-0.25, -0.2) is 0 Å². The van der Waals surface area contributed by atoms with Crippen molar-refractivity contribution in [1.29, 1.82) is 0 Å². The molecule has 0 spiro atoms. The van der Waals surface area contributed by atoms with E-state index in [-0.39, 0.29) is 11.7 Å². The van der Waals surface area contributed by atoms with Gasteiger partial charge in [-0.1, -0.05) is 12.1 Å². The van der Waals surface area contributed by atoms with Gasteiger partial charge in [0.05, 0.1) is 0 Å². The van der Waals surface area contributed by atoms with Crippen molar-refractivity contribution < 1.29 is 9.90 Å². The fraction of sp³-hybridized carbons (Fsp3) is 0.462. The lowest BCUT2D eigenvalue weighted by Crippen LogP contribution is -2.31. The van der Waals surface area contributed by atoms with Crippen molar-refractivity contribution in [1.82, 2.24) is 5.32 Å². The first-order chi connectivity index (χ1) is 7.81. The summed E-state index contributed by atoms with van der Waals surface area (Å²) in [6, 6.07) is 6.98. The zero-order valence-electron chi connectivity index (χ0n) is 9.23. The van der Waals surface area contributed by atoms with Gasteiger partial charge in [0.2, 0.25) is 0 Å². The molecule has 1 aromatic rings. The largest absolute Gasteiger partial charge is 0.508 e. The van der Waals surface area contributed by atoms with E-state index >= 15 is 0 Å². The first-order valence-electron chi connectivity index (χ1n) is 5.76.